The third-order valence-electron chi connectivity index (χ3n) is 4.40. The van der Waals surface area contributed by atoms with Crippen LogP contribution >= 0.6 is 15.9 Å². The normalized spacial score (nSPS) is 25.1. The zero-order valence-corrected chi connectivity index (χ0v) is 13.7. The van der Waals surface area contributed by atoms with Crippen molar-refractivity contribution in [1.29, 1.82) is 0 Å². The minimum atomic E-state index is -0.413. The zero-order valence-electron chi connectivity index (χ0n) is 12.1. The lowest BCUT2D eigenvalue weighted by atomic mass is 9.85. The molecule has 1 aromatic carbocycles. The van der Waals surface area contributed by atoms with Gasteiger partial charge in [-0.3, -0.25) is 0 Å². The van der Waals surface area contributed by atoms with Gasteiger partial charge in [-0.15, -0.1) is 0 Å². The summed E-state index contributed by atoms with van der Waals surface area (Å²) >= 11 is 3.65. The number of aliphatic hydroxyl groups is 1. The molecule has 19 heavy (non-hydrogen) atoms. The van der Waals surface area contributed by atoms with Crippen LogP contribution in [0.5, 0.6) is 0 Å². The number of aliphatic hydroxyl groups excluding tert-OH is 1. The van der Waals surface area contributed by atoms with Gasteiger partial charge in [0.05, 0.1) is 11.8 Å². The highest BCUT2D eigenvalue weighted by Crippen LogP contribution is 2.35. The molecule has 1 aliphatic rings. The molecule has 1 saturated carbocycles. The molecule has 0 spiro atoms. The molecule has 0 aliphatic heterocycles. The van der Waals surface area contributed by atoms with Gasteiger partial charge in [-0.25, -0.2) is 0 Å². The molecule has 2 unspecified atom stereocenters. The second kappa shape index (κ2) is 6.27. The van der Waals surface area contributed by atoms with Crippen LogP contribution in [0.15, 0.2) is 22.7 Å². The molecule has 0 amide bonds. The molecule has 0 saturated heterocycles. The highest BCUT2D eigenvalue weighted by Gasteiger charge is 2.26. The van der Waals surface area contributed by atoms with E-state index in [0.717, 1.165) is 16.0 Å². The summed E-state index contributed by atoms with van der Waals surface area (Å²) in [7, 11) is 2.19. The molecule has 0 heterocycles. The van der Waals surface area contributed by atoms with Crippen molar-refractivity contribution in [2.24, 2.45) is 5.92 Å². The van der Waals surface area contributed by atoms with Gasteiger partial charge in [-0.1, -0.05) is 25.8 Å². The van der Waals surface area contributed by atoms with E-state index in [4.69, 9.17) is 0 Å². The molecular formula is C16H24BrNO. The van der Waals surface area contributed by atoms with Crippen molar-refractivity contribution in [3.05, 3.63) is 28.2 Å². The van der Waals surface area contributed by atoms with Crippen LogP contribution in [0.25, 0.3) is 0 Å². The standard InChI is InChI=1S/C16H24BrNO/c1-11-6-4-5-7-15(11)18(3)16-9-8-13(12(2)19)10-14(16)17/h8-12,15,19H,4-7H2,1-3H3/t11?,12-,15?/m1/s1. The van der Waals surface area contributed by atoms with Crippen molar-refractivity contribution in [3.8, 4) is 0 Å². The van der Waals surface area contributed by atoms with Gasteiger partial charge < -0.3 is 10.0 Å². The quantitative estimate of drug-likeness (QED) is 0.883. The Labute approximate surface area is 124 Å². The topological polar surface area (TPSA) is 23.5 Å². The van der Waals surface area contributed by atoms with Gasteiger partial charge in [0, 0.05) is 17.6 Å². The second-order valence-electron chi connectivity index (χ2n) is 5.83. The van der Waals surface area contributed by atoms with Gasteiger partial charge >= 0.3 is 0 Å². The molecule has 106 valence electrons. The lowest BCUT2D eigenvalue weighted by molar-refractivity contribution is 0.199. The van der Waals surface area contributed by atoms with E-state index < -0.39 is 6.10 Å². The Kier molecular flexibility index (Phi) is 4.91. The summed E-state index contributed by atoms with van der Waals surface area (Å²) in [5, 5.41) is 9.63. The number of rotatable bonds is 3. The molecule has 0 radical (unpaired) electrons. The minimum Gasteiger partial charge on any atom is -0.389 e. The van der Waals surface area contributed by atoms with E-state index in [-0.39, 0.29) is 0 Å². The fraction of sp³-hybridized carbons (Fsp3) is 0.625. The first-order chi connectivity index (χ1) is 9.00. The first-order valence-corrected chi connectivity index (χ1v) is 8.00. The lowest BCUT2D eigenvalue weighted by Gasteiger charge is -2.38. The van der Waals surface area contributed by atoms with Gasteiger partial charge in [0.2, 0.25) is 0 Å². The molecule has 3 heteroatoms. The van der Waals surface area contributed by atoms with Crippen LogP contribution in [-0.4, -0.2) is 18.2 Å². The van der Waals surface area contributed by atoms with E-state index in [1.165, 1.54) is 31.4 Å². The summed E-state index contributed by atoms with van der Waals surface area (Å²) in [6, 6.07) is 6.80. The first kappa shape index (κ1) is 14.9. The van der Waals surface area contributed by atoms with Crippen molar-refractivity contribution < 1.29 is 5.11 Å². The monoisotopic (exact) mass is 325 g/mol. The fourth-order valence-corrected chi connectivity index (χ4v) is 3.80. The molecule has 0 bridgehead atoms. The van der Waals surface area contributed by atoms with Gasteiger partial charge in [0.25, 0.3) is 0 Å². The molecule has 1 aromatic rings. The number of hydrogen-bond acceptors (Lipinski definition) is 2. The molecular weight excluding hydrogens is 302 g/mol. The highest BCUT2D eigenvalue weighted by atomic mass is 79.9. The number of hydrogen-bond donors (Lipinski definition) is 1. The Hall–Kier alpha value is -0.540. The number of benzene rings is 1. The van der Waals surface area contributed by atoms with E-state index in [9.17, 15) is 5.11 Å². The maximum Gasteiger partial charge on any atom is 0.0762 e. The maximum absolute atomic E-state index is 9.63. The predicted molar refractivity (Wildman–Crippen MR) is 84.6 cm³/mol. The van der Waals surface area contributed by atoms with Crippen LogP contribution in [0, 0.1) is 5.92 Å². The Balaban J connectivity index is 2.21. The summed E-state index contributed by atoms with van der Waals surface area (Å²) in [4.78, 5) is 2.40. The van der Waals surface area contributed by atoms with Gasteiger partial charge in [-0.05, 0) is 59.3 Å². The minimum absolute atomic E-state index is 0.413. The van der Waals surface area contributed by atoms with Crippen LogP contribution in [-0.2, 0) is 0 Å². The molecule has 2 nitrogen and oxygen atoms in total. The smallest absolute Gasteiger partial charge is 0.0762 e. The largest absolute Gasteiger partial charge is 0.389 e. The SMILES string of the molecule is CC1CCCCC1N(C)c1ccc([C@@H](C)O)cc1Br. The van der Waals surface area contributed by atoms with Crippen LogP contribution in [0.4, 0.5) is 5.69 Å². The fourth-order valence-electron chi connectivity index (χ4n) is 3.12. The van der Waals surface area contributed by atoms with E-state index in [1.54, 1.807) is 6.92 Å². The molecule has 0 aromatic heterocycles. The van der Waals surface area contributed by atoms with Gasteiger partial charge in [-0.2, -0.15) is 0 Å². The van der Waals surface area contributed by atoms with E-state index in [0.29, 0.717) is 6.04 Å². The van der Waals surface area contributed by atoms with Crippen molar-refractivity contribution in [2.75, 3.05) is 11.9 Å². The van der Waals surface area contributed by atoms with Crippen LogP contribution in [0.3, 0.4) is 0 Å². The maximum atomic E-state index is 9.63. The summed E-state index contributed by atoms with van der Waals surface area (Å²) < 4.78 is 1.08. The van der Waals surface area contributed by atoms with Crippen molar-refractivity contribution in [2.45, 2.75) is 51.7 Å². The summed E-state index contributed by atoms with van der Waals surface area (Å²) in [5.74, 6) is 0.752. The third kappa shape index (κ3) is 3.32. The van der Waals surface area contributed by atoms with E-state index in [1.807, 2.05) is 12.1 Å². The van der Waals surface area contributed by atoms with Gasteiger partial charge in [0.15, 0.2) is 0 Å². The molecule has 2 rings (SSSR count). The highest BCUT2D eigenvalue weighted by molar-refractivity contribution is 9.10. The van der Waals surface area contributed by atoms with E-state index in [2.05, 4.69) is 40.9 Å². The van der Waals surface area contributed by atoms with Crippen molar-refractivity contribution >= 4 is 21.6 Å². The first-order valence-electron chi connectivity index (χ1n) is 7.21. The third-order valence-corrected chi connectivity index (χ3v) is 5.03. The Bertz CT molecular complexity index is 433. The molecule has 3 atom stereocenters. The van der Waals surface area contributed by atoms with Crippen LogP contribution < -0.4 is 4.90 Å². The average molecular weight is 326 g/mol. The number of halogens is 1. The van der Waals surface area contributed by atoms with E-state index >= 15 is 0 Å². The van der Waals surface area contributed by atoms with Crippen LogP contribution in [0.2, 0.25) is 0 Å². The zero-order chi connectivity index (χ0) is 14.0. The van der Waals surface area contributed by atoms with Crippen molar-refractivity contribution in [3.63, 3.8) is 0 Å². The Morgan fingerprint density at radius 1 is 1.32 bits per heavy atom. The van der Waals surface area contributed by atoms with Gasteiger partial charge in [0.1, 0.15) is 0 Å². The average Bonchev–Trinajstić information content (AvgIpc) is 2.38. The lowest BCUT2D eigenvalue weighted by Crippen LogP contribution is -2.39. The summed E-state index contributed by atoms with van der Waals surface area (Å²) in [5.41, 5.74) is 2.18. The molecule has 1 fully saturated rings. The Morgan fingerprint density at radius 3 is 2.58 bits per heavy atom. The number of anilines is 1. The summed E-state index contributed by atoms with van der Waals surface area (Å²) in [6.45, 7) is 4.16. The Morgan fingerprint density at radius 2 is 2.00 bits per heavy atom. The van der Waals surface area contributed by atoms with Crippen molar-refractivity contribution in [1.82, 2.24) is 0 Å². The predicted octanol–water partition coefficient (Wildman–Crippen LogP) is 4.52. The molecule has 1 aliphatic carbocycles. The summed E-state index contributed by atoms with van der Waals surface area (Å²) in [6.07, 6.45) is 4.90. The number of nitrogens with zero attached hydrogens (tertiary/aromatic N) is 1. The van der Waals surface area contributed by atoms with Crippen LogP contribution in [0.1, 0.15) is 51.2 Å². The molecule has 1 N–H and O–H groups in total. The second-order valence-corrected chi connectivity index (χ2v) is 6.68.